The first kappa shape index (κ1) is 22.0. The summed E-state index contributed by atoms with van der Waals surface area (Å²) in [6.45, 7) is 1.06. The minimum Gasteiger partial charge on any atom is -0.439 e. The molecule has 3 amide bonds. The number of hydrogen-bond donors (Lipinski definition) is 1. The van der Waals surface area contributed by atoms with Gasteiger partial charge in [-0.05, 0) is 30.7 Å². The van der Waals surface area contributed by atoms with Crippen LogP contribution in [0.1, 0.15) is 29.7 Å². The van der Waals surface area contributed by atoms with Crippen LogP contribution in [0, 0.1) is 15.9 Å². The maximum absolute atomic E-state index is 13.7. The summed E-state index contributed by atoms with van der Waals surface area (Å²) in [5.41, 5.74) is -1.58. The lowest BCUT2D eigenvalue weighted by atomic mass is 10.0. The number of cyclic esters (lactones) is 1. The molecule has 0 unspecified atom stereocenters. The molecule has 2 aromatic rings. The van der Waals surface area contributed by atoms with Crippen molar-refractivity contribution in [2.45, 2.75) is 31.8 Å². The summed E-state index contributed by atoms with van der Waals surface area (Å²) in [6, 6.07) is 5.34. The van der Waals surface area contributed by atoms with Crippen molar-refractivity contribution in [3.05, 3.63) is 75.1 Å². The van der Waals surface area contributed by atoms with E-state index in [9.17, 15) is 37.3 Å². The summed E-state index contributed by atoms with van der Waals surface area (Å²) in [4.78, 5) is 35.7. The summed E-state index contributed by atoms with van der Waals surface area (Å²) >= 11 is 0. The second-order valence-electron chi connectivity index (χ2n) is 6.73. The van der Waals surface area contributed by atoms with Crippen LogP contribution in [-0.2, 0) is 17.5 Å². The van der Waals surface area contributed by atoms with E-state index in [1.54, 1.807) is 0 Å². The van der Waals surface area contributed by atoms with E-state index in [-0.39, 0.29) is 23.4 Å². The monoisotopic (exact) mass is 441 g/mol. The Labute approximate surface area is 172 Å². The molecule has 12 heteroatoms. The Kier molecular flexibility index (Phi) is 5.82. The molecule has 0 spiro atoms. The van der Waals surface area contributed by atoms with Crippen LogP contribution in [0.3, 0.4) is 0 Å². The summed E-state index contributed by atoms with van der Waals surface area (Å²) in [5.74, 6) is -1.17. The van der Waals surface area contributed by atoms with Crippen LogP contribution in [0.15, 0.2) is 42.5 Å². The number of ether oxygens (including phenoxy) is 1. The number of imide groups is 1. The second-order valence-corrected chi connectivity index (χ2v) is 6.73. The Bertz CT molecular complexity index is 1040. The molecule has 0 saturated carbocycles. The Morgan fingerprint density at radius 2 is 1.94 bits per heavy atom. The predicted octanol–water partition coefficient (Wildman–Crippen LogP) is 4.54. The zero-order chi connectivity index (χ0) is 22.9. The Morgan fingerprint density at radius 1 is 1.26 bits per heavy atom. The van der Waals surface area contributed by atoms with Gasteiger partial charge in [0.2, 0.25) is 0 Å². The highest BCUT2D eigenvalue weighted by Gasteiger charge is 2.44. The van der Waals surface area contributed by atoms with Crippen LogP contribution in [-0.4, -0.2) is 28.0 Å². The molecule has 1 fully saturated rings. The van der Waals surface area contributed by atoms with Crippen LogP contribution >= 0.6 is 0 Å². The smallest absolute Gasteiger partial charge is 0.419 e. The first-order valence-electron chi connectivity index (χ1n) is 8.86. The van der Waals surface area contributed by atoms with Gasteiger partial charge in [0.1, 0.15) is 11.9 Å². The number of rotatable bonds is 4. The van der Waals surface area contributed by atoms with E-state index < -0.39 is 46.8 Å². The van der Waals surface area contributed by atoms with E-state index >= 15 is 0 Å². The van der Waals surface area contributed by atoms with E-state index in [1.807, 2.05) is 0 Å². The fourth-order valence-corrected chi connectivity index (χ4v) is 3.21. The van der Waals surface area contributed by atoms with Crippen molar-refractivity contribution in [3.63, 3.8) is 0 Å². The third-order valence-electron chi connectivity index (χ3n) is 4.68. The minimum atomic E-state index is -4.82. The number of nitro groups is 1. The SMILES string of the molecule is C[C@H]1[C@@H](c2cc(F)cc(C(F)(F)F)c2)OC(=O)N1C(=O)NCc1ccccc1[N+](=O)[O-]. The van der Waals surface area contributed by atoms with E-state index in [4.69, 9.17) is 4.74 Å². The van der Waals surface area contributed by atoms with Gasteiger partial charge in [0.05, 0.1) is 23.1 Å². The molecule has 8 nitrogen and oxygen atoms in total. The number of alkyl halides is 3. The lowest BCUT2D eigenvalue weighted by molar-refractivity contribution is -0.385. The molecule has 164 valence electrons. The number of para-hydroxylation sites is 1. The van der Waals surface area contributed by atoms with Gasteiger partial charge in [-0.15, -0.1) is 0 Å². The zero-order valence-corrected chi connectivity index (χ0v) is 15.9. The summed E-state index contributed by atoms with van der Waals surface area (Å²) in [6.07, 6.45) is -7.29. The average Bonchev–Trinajstić information content (AvgIpc) is 2.99. The highest BCUT2D eigenvalue weighted by molar-refractivity contribution is 5.92. The molecule has 2 aromatic carbocycles. The quantitative estimate of drug-likeness (QED) is 0.426. The number of hydrogen-bond acceptors (Lipinski definition) is 5. The van der Waals surface area contributed by atoms with E-state index in [0.29, 0.717) is 17.0 Å². The molecule has 1 aliphatic heterocycles. The Balaban J connectivity index is 1.78. The standard InChI is InChI=1S/C19H15F4N3O5/c1-10-16(12-6-13(19(21,22)23)8-14(20)7-12)31-18(28)25(10)17(27)24-9-11-4-2-3-5-15(11)26(29)30/h2-8,10,16H,9H2,1H3,(H,24,27)/t10-,16-/m0/s1. The minimum absolute atomic E-state index is 0.178. The fourth-order valence-electron chi connectivity index (χ4n) is 3.21. The van der Waals surface area contributed by atoms with Gasteiger partial charge in [-0.3, -0.25) is 10.1 Å². The largest absolute Gasteiger partial charge is 0.439 e. The number of nitro benzene ring substituents is 1. The maximum atomic E-state index is 13.7. The second kappa shape index (κ2) is 8.20. The molecule has 0 radical (unpaired) electrons. The predicted molar refractivity (Wildman–Crippen MR) is 97.3 cm³/mol. The van der Waals surface area contributed by atoms with Gasteiger partial charge in [-0.25, -0.2) is 18.9 Å². The summed E-state index contributed by atoms with van der Waals surface area (Å²) in [7, 11) is 0. The summed E-state index contributed by atoms with van der Waals surface area (Å²) < 4.78 is 57.6. The van der Waals surface area contributed by atoms with E-state index in [1.165, 1.54) is 31.2 Å². The molecule has 1 saturated heterocycles. The molecule has 0 bridgehead atoms. The van der Waals surface area contributed by atoms with Gasteiger partial charge in [-0.2, -0.15) is 13.2 Å². The van der Waals surface area contributed by atoms with Crippen LogP contribution in [0.4, 0.5) is 32.8 Å². The first-order chi connectivity index (χ1) is 14.5. The molecule has 1 heterocycles. The molecular weight excluding hydrogens is 426 g/mol. The molecular formula is C19H15F4N3O5. The topological polar surface area (TPSA) is 102 Å². The Morgan fingerprint density at radius 3 is 2.58 bits per heavy atom. The van der Waals surface area contributed by atoms with Crippen molar-refractivity contribution in [2.24, 2.45) is 0 Å². The fraction of sp³-hybridized carbons (Fsp3) is 0.263. The zero-order valence-electron chi connectivity index (χ0n) is 15.9. The summed E-state index contributed by atoms with van der Waals surface area (Å²) in [5, 5.41) is 13.4. The van der Waals surface area contributed by atoms with Crippen LogP contribution in [0.25, 0.3) is 0 Å². The number of amides is 3. The number of carbonyl (C=O) groups is 2. The van der Waals surface area contributed by atoms with Crippen LogP contribution in [0.5, 0.6) is 0 Å². The van der Waals surface area contributed by atoms with Crippen molar-refractivity contribution in [3.8, 4) is 0 Å². The lowest BCUT2D eigenvalue weighted by Gasteiger charge is -2.20. The van der Waals surface area contributed by atoms with Crippen molar-refractivity contribution in [1.82, 2.24) is 10.2 Å². The van der Waals surface area contributed by atoms with Crippen molar-refractivity contribution in [1.29, 1.82) is 0 Å². The highest BCUT2D eigenvalue weighted by atomic mass is 19.4. The first-order valence-corrected chi connectivity index (χ1v) is 8.86. The van der Waals surface area contributed by atoms with Gasteiger partial charge >= 0.3 is 18.3 Å². The molecule has 1 N–H and O–H groups in total. The van der Waals surface area contributed by atoms with Crippen molar-refractivity contribution in [2.75, 3.05) is 0 Å². The van der Waals surface area contributed by atoms with E-state index in [2.05, 4.69) is 5.32 Å². The number of nitrogens with zero attached hydrogens (tertiary/aromatic N) is 2. The van der Waals surface area contributed by atoms with Gasteiger partial charge in [0.25, 0.3) is 5.69 Å². The Hall–Kier alpha value is -3.70. The van der Waals surface area contributed by atoms with E-state index in [0.717, 1.165) is 6.07 Å². The van der Waals surface area contributed by atoms with Crippen LogP contribution in [0.2, 0.25) is 0 Å². The molecule has 0 aromatic heterocycles. The van der Waals surface area contributed by atoms with Gasteiger partial charge < -0.3 is 10.1 Å². The molecule has 1 aliphatic rings. The number of nitrogens with one attached hydrogen (secondary N) is 1. The third-order valence-corrected chi connectivity index (χ3v) is 4.68. The number of carbonyl (C=O) groups excluding carboxylic acids is 2. The number of halogens is 4. The normalized spacial score (nSPS) is 18.6. The van der Waals surface area contributed by atoms with Gasteiger partial charge in [0.15, 0.2) is 0 Å². The van der Waals surface area contributed by atoms with Crippen LogP contribution < -0.4 is 5.32 Å². The molecule has 0 aliphatic carbocycles. The van der Waals surface area contributed by atoms with Gasteiger partial charge in [-0.1, -0.05) is 18.2 Å². The number of urea groups is 1. The molecule has 31 heavy (non-hydrogen) atoms. The average molecular weight is 441 g/mol. The van der Waals surface area contributed by atoms with Crippen molar-refractivity contribution >= 4 is 17.8 Å². The third kappa shape index (κ3) is 4.57. The van der Waals surface area contributed by atoms with Gasteiger partial charge in [0, 0.05) is 11.6 Å². The van der Waals surface area contributed by atoms with Crippen molar-refractivity contribution < 1.29 is 36.8 Å². The maximum Gasteiger partial charge on any atom is 0.419 e. The highest BCUT2D eigenvalue weighted by Crippen LogP contribution is 2.37. The molecule has 2 atom stereocenters. The number of benzene rings is 2. The molecule has 3 rings (SSSR count). The lowest BCUT2D eigenvalue weighted by Crippen LogP contribution is -2.44.